The highest BCUT2D eigenvalue weighted by Crippen LogP contribution is 2.37. The molecular weight excluding hydrogens is 405 g/mol. The molecule has 2 N–H and O–H groups in total. The predicted octanol–water partition coefficient (Wildman–Crippen LogP) is 2.38. The molecule has 1 saturated heterocycles. The van der Waals surface area contributed by atoms with Gasteiger partial charge in [-0.15, -0.1) is 0 Å². The van der Waals surface area contributed by atoms with Gasteiger partial charge in [0.1, 0.15) is 6.54 Å². The third kappa shape index (κ3) is 4.80. The molecule has 1 heterocycles. The second-order valence-corrected chi connectivity index (χ2v) is 7.24. The largest absolute Gasteiger partial charge is 0.480 e. The normalized spacial score (nSPS) is 19.0. The molecule has 0 radical (unpaired) electrons. The average molecular weight is 428 g/mol. The van der Waals surface area contributed by atoms with Crippen molar-refractivity contribution in [3.05, 3.63) is 35.4 Å². The lowest BCUT2D eigenvalue weighted by Gasteiger charge is -2.47. The van der Waals surface area contributed by atoms with E-state index in [0.717, 1.165) is 12.1 Å². The monoisotopic (exact) mass is 428 g/mol. The fourth-order valence-electron chi connectivity index (χ4n) is 3.68. The Morgan fingerprint density at radius 3 is 2.20 bits per heavy atom. The standard InChI is InChI=1S/C20H23F3N2O5/c1-3-19(4-2)9-14(26)16(17(29)24-10-15(27)28)18(30)25(19)11-12-5-7-13(8-6-12)20(21,22)23/h5-8,16H,3-4,9-11H2,1-2H3,(H,24,29)(H,27,28). The van der Waals surface area contributed by atoms with E-state index in [1.165, 1.54) is 17.0 Å². The Bertz CT molecular complexity index is 832. The molecule has 2 rings (SSSR count). The van der Waals surface area contributed by atoms with E-state index in [-0.39, 0.29) is 13.0 Å². The summed E-state index contributed by atoms with van der Waals surface area (Å²) in [5.74, 6) is -5.37. The van der Waals surface area contributed by atoms with Crippen LogP contribution >= 0.6 is 0 Å². The number of alkyl halides is 3. The molecule has 1 unspecified atom stereocenters. The quantitative estimate of drug-likeness (QED) is 0.649. The molecule has 0 aliphatic carbocycles. The molecular formula is C20H23F3N2O5. The molecule has 1 aliphatic rings. The second-order valence-electron chi connectivity index (χ2n) is 7.24. The number of hydrogen-bond acceptors (Lipinski definition) is 4. The van der Waals surface area contributed by atoms with Crippen LogP contribution in [0.25, 0.3) is 0 Å². The highest BCUT2D eigenvalue weighted by atomic mass is 19.4. The number of amides is 2. The van der Waals surface area contributed by atoms with Gasteiger partial charge in [-0.25, -0.2) is 0 Å². The summed E-state index contributed by atoms with van der Waals surface area (Å²) >= 11 is 0. The molecule has 10 heteroatoms. The molecule has 1 aromatic carbocycles. The van der Waals surface area contributed by atoms with Crippen molar-refractivity contribution in [3.8, 4) is 0 Å². The number of Topliss-reactive ketones (excluding diaryl/α,β-unsaturated/α-hetero) is 1. The number of carboxylic acid groups (broad SMARTS) is 1. The van der Waals surface area contributed by atoms with Gasteiger partial charge in [0.05, 0.1) is 5.56 Å². The number of aliphatic carboxylic acids is 1. The Labute approximate surface area is 171 Å². The number of nitrogens with one attached hydrogen (secondary N) is 1. The van der Waals surface area contributed by atoms with Crippen LogP contribution in [0, 0.1) is 5.92 Å². The highest BCUT2D eigenvalue weighted by Gasteiger charge is 2.51. The number of hydrogen-bond donors (Lipinski definition) is 2. The van der Waals surface area contributed by atoms with Crippen molar-refractivity contribution in [1.82, 2.24) is 10.2 Å². The van der Waals surface area contributed by atoms with Crippen LogP contribution < -0.4 is 5.32 Å². The van der Waals surface area contributed by atoms with Crippen LogP contribution in [-0.2, 0) is 31.9 Å². The van der Waals surface area contributed by atoms with Crippen LogP contribution in [0.1, 0.15) is 44.2 Å². The first-order valence-corrected chi connectivity index (χ1v) is 9.45. The van der Waals surface area contributed by atoms with Gasteiger partial charge in [-0.2, -0.15) is 13.2 Å². The van der Waals surface area contributed by atoms with Crippen LogP contribution in [0.15, 0.2) is 24.3 Å². The number of carbonyl (C=O) groups is 4. The minimum atomic E-state index is -4.49. The fourth-order valence-corrected chi connectivity index (χ4v) is 3.68. The van der Waals surface area contributed by atoms with Crippen LogP contribution in [0.4, 0.5) is 13.2 Å². The lowest BCUT2D eigenvalue weighted by Crippen LogP contribution is -2.62. The fraction of sp³-hybridized carbons (Fsp3) is 0.500. The van der Waals surface area contributed by atoms with Gasteiger partial charge < -0.3 is 15.3 Å². The van der Waals surface area contributed by atoms with E-state index >= 15 is 0 Å². The molecule has 1 aliphatic heterocycles. The Balaban J connectivity index is 2.34. The number of benzene rings is 1. The van der Waals surface area contributed by atoms with Crippen molar-refractivity contribution in [2.24, 2.45) is 5.92 Å². The Kier molecular flexibility index (Phi) is 6.89. The van der Waals surface area contributed by atoms with Gasteiger partial charge in [0.25, 0.3) is 0 Å². The SMILES string of the molecule is CCC1(CC)CC(=O)C(C(=O)NCC(=O)O)C(=O)N1Cc1ccc(C(F)(F)F)cc1. The molecule has 0 spiro atoms. The van der Waals surface area contributed by atoms with E-state index in [9.17, 15) is 32.3 Å². The third-order valence-electron chi connectivity index (χ3n) is 5.53. The Morgan fingerprint density at radius 2 is 1.73 bits per heavy atom. The van der Waals surface area contributed by atoms with Crippen molar-refractivity contribution in [2.75, 3.05) is 6.54 Å². The molecule has 30 heavy (non-hydrogen) atoms. The molecule has 1 aromatic rings. The van der Waals surface area contributed by atoms with Gasteiger partial charge in [-0.1, -0.05) is 26.0 Å². The maximum absolute atomic E-state index is 13.1. The summed E-state index contributed by atoms with van der Waals surface area (Å²) in [6.45, 7) is 2.76. The van der Waals surface area contributed by atoms with Crippen LogP contribution in [0.5, 0.6) is 0 Å². The summed E-state index contributed by atoms with van der Waals surface area (Å²) in [5.41, 5.74) is -1.28. The van der Waals surface area contributed by atoms with Gasteiger partial charge in [-0.3, -0.25) is 19.2 Å². The lowest BCUT2D eigenvalue weighted by molar-refractivity contribution is -0.161. The van der Waals surface area contributed by atoms with Gasteiger partial charge in [0.2, 0.25) is 11.8 Å². The van der Waals surface area contributed by atoms with Crippen molar-refractivity contribution >= 4 is 23.6 Å². The number of carboxylic acids is 1. The molecule has 0 saturated carbocycles. The van der Waals surface area contributed by atoms with Crippen molar-refractivity contribution in [1.29, 1.82) is 0 Å². The zero-order valence-corrected chi connectivity index (χ0v) is 16.6. The summed E-state index contributed by atoms with van der Waals surface area (Å²) in [7, 11) is 0. The first-order valence-electron chi connectivity index (χ1n) is 9.45. The summed E-state index contributed by atoms with van der Waals surface area (Å²) in [4.78, 5) is 50.0. The Hall–Kier alpha value is -2.91. The number of ketones is 1. The lowest BCUT2D eigenvalue weighted by atomic mass is 9.76. The maximum atomic E-state index is 13.1. The first-order chi connectivity index (χ1) is 13.9. The summed E-state index contributed by atoms with van der Waals surface area (Å²) < 4.78 is 38.4. The van der Waals surface area contributed by atoms with E-state index in [0.29, 0.717) is 18.4 Å². The third-order valence-corrected chi connectivity index (χ3v) is 5.53. The number of nitrogens with zero attached hydrogens (tertiary/aromatic N) is 1. The first kappa shape index (κ1) is 23.4. The minimum absolute atomic E-state index is 0.0748. The minimum Gasteiger partial charge on any atom is -0.480 e. The summed E-state index contributed by atoms with van der Waals surface area (Å²) in [6, 6.07) is 4.32. The van der Waals surface area contributed by atoms with E-state index in [1.807, 2.05) is 0 Å². The molecule has 0 aromatic heterocycles. The molecule has 1 fully saturated rings. The number of rotatable bonds is 7. The number of halogens is 3. The molecule has 2 amide bonds. The van der Waals surface area contributed by atoms with Crippen LogP contribution in [-0.4, -0.2) is 45.7 Å². The van der Waals surface area contributed by atoms with Crippen molar-refractivity contribution in [2.45, 2.75) is 51.4 Å². The smallest absolute Gasteiger partial charge is 0.416 e. The van der Waals surface area contributed by atoms with Crippen LogP contribution in [0.3, 0.4) is 0 Å². The zero-order valence-electron chi connectivity index (χ0n) is 16.6. The topological polar surface area (TPSA) is 104 Å². The van der Waals surface area contributed by atoms with E-state index in [4.69, 9.17) is 5.11 Å². The van der Waals surface area contributed by atoms with Gasteiger partial charge in [-0.05, 0) is 30.5 Å². The van der Waals surface area contributed by atoms with Crippen LogP contribution in [0.2, 0.25) is 0 Å². The van der Waals surface area contributed by atoms with E-state index in [1.54, 1.807) is 13.8 Å². The molecule has 164 valence electrons. The number of carbonyl (C=O) groups excluding carboxylic acids is 3. The maximum Gasteiger partial charge on any atom is 0.416 e. The predicted molar refractivity (Wildman–Crippen MR) is 99.1 cm³/mol. The number of likely N-dealkylation sites (tertiary alicyclic amines) is 1. The zero-order chi connectivity index (χ0) is 22.7. The number of piperidine rings is 1. The highest BCUT2D eigenvalue weighted by molar-refractivity contribution is 6.20. The molecule has 7 nitrogen and oxygen atoms in total. The Morgan fingerprint density at radius 1 is 1.17 bits per heavy atom. The molecule has 1 atom stereocenters. The summed E-state index contributed by atoms with van der Waals surface area (Å²) in [5, 5.41) is 10.8. The molecule has 0 bridgehead atoms. The van der Waals surface area contributed by atoms with Crippen molar-refractivity contribution in [3.63, 3.8) is 0 Å². The average Bonchev–Trinajstić information content (AvgIpc) is 2.68. The second kappa shape index (κ2) is 8.85. The van der Waals surface area contributed by atoms with Gasteiger partial charge >= 0.3 is 12.1 Å². The van der Waals surface area contributed by atoms with Gasteiger partial charge in [0.15, 0.2) is 11.7 Å². The van der Waals surface area contributed by atoms with E-state index < -0.39 is 53.3 Å². The summed E-state index contributed by atoms with van der Waals surface area (Å²) in [6.07, 6.45) is -3.77. The van der Waals surface area contributed by atoms with Crippen molar-refractivity contribution < 1.29 is 37.5 Å². The van der Waals surface area contributed by atoms with Gasteiger partial charge in [0, 0.05) is 18.5 Å². The van der Waals surface area contributed by atoms with E-state index in [2.05, 4.69) is 5.32 Å².